The van der Waals surface area contributed by atoms with Crippen LogP contribution in [-0.4, -0.2) is 17.6 Å². The van der Waals surface area contributed by atoms with Crippen molar-refractivity contribution in [2.45, 2.75) is 13.2 Å². The molecule has 0 aliphatic rings. The van der Waals surface area contributed by atoms with Crippen LogP contribution in [0.25, 0.3) is 0 Å². The van der Waals surface area contributed by atoms with Gasteiger partial charge < -0.3 is 15.2 Å². The zero-order chi connectivity index (χ0) is 15.9. The number of hydrogen-bond donors (Lipinski definition) is 2. The van der Waals surface area contributed by atoms with Gasteiger partial charge in [0.05, 0.1) is 6.54 Å². The molecular formula is C16H15Cl2NO3. The van der Waals surface area contributed by atoms with Crippen molar-refractivity contribution in [1.29, 1.82) is 0 Å². The standard InChI is InChI=1S/C16H15Cl2NO3/c17-14-5-2-6-15(18)13(14)10-22-12-4-1-3-11(7-12)8-19-9-16(20)21/h1-7,19H,8-10H2,(H,20,21). The van der Waals surface area contributed by atoms with Crippen LogP contribution < -0.4 is 10.1 Å². The van der Waals surface area contributed by atoms with Crippen molar-refractivity contribution in [3.05, 3.63) is 63.6 Å². The number of aliphatic carboxylic acids is 1. The monoisotopic (exact) mass is 339 g/mol. The highest BCUT2D eigenvalue weighted by Crippen LogP contribution is 2.26. The Balaban J connectivity index is 1.97. The van der Waals surface area contributed by atoms with Crippen molar-refractivity contribution in [2.24, 2.45) is 0 Å². The Morgan fingerprint density at radius 1 is 1.14 bits per heavy atom. The third kappa shape index (κ3) is 4.91. The number of hydrogen-bond acceptors (Lipinski definition) is 3. The van der Waals surface area contributed by atoms with E-state index in [2.05, 4.69) is 5.32 Å². The normalized spacial score (nSPS) is 10.5. The van der Waals surface area contributed by atoms with Crippen LogP contribution in [0.3, 0.4) is 0 Å². The molecule has 0 amide bonds. The quantitative estimate of drug-likeness (QED) is 0.806. The maximum atomic E-state index is 10.5. The molecule has 0 aliphatic carbocycles. The fourth-order valence-electron chi connectivity index (χ4n) is 1.88. The van der Waals surface area contributed by atoms with Crippen molar-refractivity contribution in [3.8, 4) is 5.75 Å². The van der Waals surface area contributed by atoms with Crippen molar-refractivity contribution < 1.29 is 14.6 Å². The van der Waals surface area contributed by atoms with E-state index < -0.39 is 5.97 Å². The molecule has 0 saturated carbocycles. The summed E-state index contributed by atoms with van der Waals surface area (Å²) in [7, 11) is 0. The van der Waals surface area contributed by atoms with Gasteiger partial charge in [-0.3, -0.25) is 4.79 Å². The smallest absolute Gasteiger partial charge is 0.317 e. The van der Waals surface area contributed by atoms with Crippen molar-refractivity contribution in [1.82, 2.24) is 5.32 Å². The molecule has 0 aromatic heterocycles. The molecule has 2 N–H and O–H groups in total. The Morgan fingerprint density at radius 3 is 2.50 bits per heavy atom. The van der Waals surface area contributed by atoms with Gasteiger partial charge in [-0.2, -0.15) is 0 Å². The fraction of sp³-hybridized carbons (Fsp3) is 0.188. The lowest BCUT2D eigenvalue weighted by atomic mass is 10.2. The molecule has 0 heterocycles. The molecule has 0 unspecified atom stereocenters. The summed E-state index contributed by atoms with van der Waals surface area (Å²) in [6, 6.07) is 12.7. The second-order valence-electron chi connectivity index (χ2n) is 4.63. The molecule has 0 atom stereocenters. The molecule has 6 heteroatoms. The first-order chi connectivity index (χ1) is 10.6. The molecule has 2 aromatic rings. The lowest BCUT2D eigenvalue weighted by Crippen LogP contribution is -2.21. The summed E-state index contributed by atoms with van der Waals surface area (Å²) in [4.78, 5) is 10.5. The van der Waals surface area contributed by atoms with Gasteiger partial charge in [-0.25, -0.2) is 0 Å². The van der Waals surface area contributed by atoms with Gasteiger partial charge in [0.1, 0.15) is 12.4 Å². The van der Waals surface area contributed by atoms with E-state index in [0.717, 1.165) is 11.1 Å². The van der Waals surface area contributed by atoms with Gasteiger partial charge in [-0.15, -0.1) is 0 Å². The lowest BCUT2D eigenvalue weighted by Gasteiger charge is -2.10. The Labute approximate surface area is 138 Å². The number of carboxylic acids is 1. The summed E-state index contributed by atoms with van der Waals surface area (Å²) >= 11 is 12.2. The summed E-state index contributed by atoms with van der Waals surface area (Å²) in [5.74, 6) is -0.216. The van der Waals surface area contributed by atoms with E-state index in [4.69, 9.17) is 33.0 Å². The van der Waals surface area contributed by atoms with Gasteiger partial charge in [0, 0.05) is 22.2 Å². The van der Waals surface area contributed by atoms with Crippen LogP contribution in [0.15, 0.2) is 42.5 Å². The van der Waals surface area contributed by atoms with Gasteiger partial charge in [-0.05, 0) is 29.8 Å². The number of carbonyl (C=O) groups is 1. The van der Waals surface area contributed by atoms with E-state index in [1.807, 2.05) is 24.3 Å². The Hall–Kier alpha value is -1.75. The molecule has 22 heavy (non-hydrogen) atoms. The summed E-state index contributed by atoms with van der Waals surface area (Å²) < 4.78 is 5.71. The average Bonchev–Trinajstić information content (AvgIpc) is 2.47. The molecule has 4 nitrogen and oxygen atoms in total. The predicted octanol–water partition coefficient (Wildman–Crippen LogP) is 3.75. The van der Waals surface area contributed by atoms with Crippen LogP contribution in [0.4, 0.5) is 0 Å². The molecule has 2 aromatic carbocycles. The van der Waals surface area contributed by atoms with Crippen LogP contribution in [-0.2, 0) is 17.9 Å². The van der Waals surface area contributed by atoms with Crippen LogP contribution in [0.2, 0.25) is 10.0 Å². The molecule has 0 spiro atoms. The lowest BCUT2D eigenvalue weighted by molar-refractivity contribution is -0.135. The van der Waals surface area contributed by atoms with Crippen molar-refractivity contribution in [2.75, 3.05) is 6.54 Å². The van der Waals surface area contributed by atoms with E-state index >= 15 is 0 Å². The number of benzene rings is 2. The third-order valence-electron chi connectivity index (χ3n) is 2.95. The molecular weight excluding hydrogens is 325 g/mol. The van der Waals surface area contributed by atoms with E-state index in [0.29, 0.717) is 22.3 Å². The fourth-order valence-corrected chi connectivity index (χ4v) is 2.39. The second kappa shape index (κ2) is 8.03. The average molecular weight is 340 g/mol. The number of nitrogens with one attached hydrogen (secondary N) is 1. The van der Waals surface area contributed by atoms with Crippen LogP contribution in [0.1, 0.15) is 11.1 Å². The molecule has 0 saturated heterocycles. The minimum Gasteiger partial charge on any atom is -0.489 e. The molecule has 0 aliphatic heterocycles. The van der Waals surface area contributed by atoms with Gasteiger partial charge in [-0.1, -0.05) is 41.4 Å². The maximum absolute atomic E-state index is 10.5. The second-order valence-corrected chi connectivity index (χ2v) is 5.45. The Kier molecular flexibility index (Phi) is 6.07. The van der Waals surface area contributed by atoms with Crippen molar-refractivity contribution in [3.63, 3.8) is 0 Å². The molecule has 2 rings (SSSR count). The maximum Gasteiger partial charge on any atom is 0.317 e. The van der Waals surface area contributed by atoms with E-state index in [1.54, 1.807) is 18.2 Å². The first-order valence-electron chi connectivity index (χ1n) is 6.63. The van der Waals surface area contributed by atoms with E-state index in [1.165, 1.54) is 0 Å². The van der Waals surface area contributed by atoms with Gasteiger partial charge >= 0.3 is 5.97 Å². The highest BCUT2D eigenvalue weighted by Gasteiger charge is 2.06. The predicted molar refractivity (Wildman–Crippen MR) is 86.6 cm³/mol. The van der Waals surface area contributed by atoms with Gasteiger partial charge in [0.2, 0.25) is 0 Å². The zero-order valence-corrected chi connectivity index (χ0v) is 13.2. The summed E-state index contributed by atoms with van der Waals surface area (Å²) in [6.45, 7) is 0.640. The molecule has 0 bridgehead atoms. The Morgan fingerprint density at radius 2 is 1.82 bits per heavy atom. The topological polar surface area (TPSA) is 58.6 Å². The number of ether oxygens (including phenoxy) is 1. The number of rotatable bonds is 7. The van der Waals surface area contributed by atoms with Crippen molar-refractivity contribution >= 4 is 29.2 Å². The highest BCUT2D eigenvalue weighted by atomic mass is 35.5. The SMILES string of the molecule is O=C(O)CNCc1cccc(OCc2c(Cl)cccc2Cl)c1. The summed E-state index contributed by atoms with van der Waals surface area (Å²) in [5, 5.41) is 12.5. The molecule has 0 fully saturated rings. The third-order valence-corrected chi connectivity index (χ3v) is 3.66. The summed E-state index contributed by atoms with van der Waals surface area (Å²) in [6.07, 6.45) is 0. The minimum atomic E-state index is -0.888. The van der Waals surface area contributed by atoms with Gasteiger partial charge in [0.25, 0.3) is 0 Å². The summed E-state index contributed by atoms with van der Waals surface area (Å²) in [5.41, 5.74) is 1.67. The largest absolute Gasteiger partial charge is 0.489 e. The minimum absolute atomic E-state index is 0.0830. The van der Waals surface area contributed by atoms with E-state index in [9.17, 15) is 4.79 Å². The van der Waals surface area contributed by atoms with Gasteiger partial charge in [0.15, 0.2) is 0 Å². The van der Waals surface area contributed by atoms with Crippen LogP contribution in [0, 0.1) is 0 Å². The number of carboxylic acid groups (broad SMARTS) is 1. The molecule has 0 radical (unpaired) electrons. The first-order valence-corrected chi connectivity index (χ1v) is 7.39. The first kappa shape index (κ1) is 16.6. The van der Waals surface area contributed by atoms with Crippen LogP contribution >= 0.6 is 23.2 Å². The number of halogens is 2. The van der Waals surface area contributed by atoms with E-state index in [-0.39, 0.29) is 13.2 Å². The van der Waals surface area contributed by atoms with Crippen LogP contribution in [0.5, 0.6) is 5.75 Å². The zero-order valence-electron chi connectivity index (χ0n) is 11.7. The molecule has 116 valence electrons. The highest BCUT2D eigenvalue weighted by molar-refractivity contribution is 6.35. The Bertz CT molecular complexity index is 641.